The largest absolute Gasteiger partial charge is 0.280 e. The molecule has 0 saturated carbocycles. The summed E-state index contributed by atoms with van der Waals surface area (Å²) < 4.78 is 0. The van der Waals surface area contributed by atoms with Gasteiger partial charge in [0.05, 0.1) is 52.0 Å². The molecule has 0 bridgehead atoms. The predicted octanol–water partition coefficient (Wildman–Crippen LogP) is 13.1. The van der Waals surface area contributed by atoms with E-state index >= 15 is 0 Å². The Morgan fingerprint density at radius 1 is 0.525 bits per heavy atom. The van der Waals surface area contributed by atoms with Gasteiger partial charge in [-0.15, -0.1) is 0 Å². The highest BCUT2D eigenvalue weighted by Gasteiger charge is 2.18. The number of hydrogen-bond donors (Lipinski definition) is 0. The Hall–Kier alpha value is -8.07. The fraction of sp³-hybridized carbons (Fsp3) is 0.0185. The summed E-state index contributed by atoms with van der Waals surface area (Å²) in [6.07, 6.45) is 2.01. The first kappa shape index (κ1) is 36.6. The molecule has 0 saturated heterocycles. The van der Waals surface area contributed by atoms with Gasteiger partial charge in [0, 0.05) is 16.7 Å². The average Bonchev–Trinajstić information content (AvgIpc) is 3.31. The van der Waals surface area contributed by atoms with Crippen LogP contribution >= 0.6 is 0 Å². The zero-order valence-corrected chi connectivity index (χ0v) is 32.2. The summed E-state index contributed by atoms with van der Waals surface area (Å²) in [6.45, 7) is 4.36. The van der Waals surface area contributed by atoms with Gasteiger partial charge in [-0.2, -0.15) is 5.26 Å². The quantitative estimate of drug-likeness (QED) is 0.130. The molecular formula is C54H37N5. The molecule has 278 valence electrons. The van der Waals surface area contributed by atoms with E-state index in [9.17, 15) is 5.26 Å². The molecule has 5 nitrogen and oxygen atoms in total. The number of aliphatic imine (C=N–C) groups is 2. The third-order valence-corrected chi connectivity index (χ3v) is 10.5. The van der Waals surface area contributed by atoms with E-state index in [0.717, 1.165) is 94.7 Å². The van der Waals surface area contributed by atoms with Crippen LogP contribution in [-0.2, 0) is 6.54 Å². The van der Waals surface area contributed by atoms with Gasteiger partial charge in [-0.05, 0) is 81.2 Å². The molecule has 5 heteroatoms. The Morgan fingerprint density at radius 3 is 1.78 bits per heavy atom. The summed E-state index contributed by atoms with van der Waals surface area (Å²) in [5, 5.41) is 11.7. The van der Waals surface area contributed by atoms with Crippen molar-refractivity contribution in [1.82, 2.24) is 9.97 Å². The molecule has 0 spiro atoms. The molecular weight excluding hydrogens is 719 g/mol. The second-order valence-corrected chi connectivity index (χ2v) is 14.2. The van der Waals surface area contributed by atoms with Crippen LogP contribution in [0.4, 0.5) is 0 Å². The average molecular weight is 756 g/mol. The van der Waals surface area contributed by atoms with Crippen LogP contribution in [0.3, 0.4) is 0 Å². The van der Waals surface area contributed by atoms with Crippen molar-refractivity contribution in [3.05, 3.63) is 222 Å². The fourth-order valence-electron chi connectivity index (χ4n) is 7.49. The minimum absolute atomic E-state index is 0.510. The first-order valence-electron chi connectivity index (χ1n) is 19.5. The Labute approximate surface area is 343 Å². The van der Waals surface area contributed by atoms with Gasteiger partial charge in [0.25, 0.3) is 0 Å². The van der Waals surface area contributed by atoms with E-state index in [1.807, 2.05) is 103 Å². The van der Waals surface area contributed by atoms with E-state index in [-0.39, 0.29) is 0 Å². The molecule has 0 aliphatic rings. The van der Waals surface area contributed by atoms with Crippen molar-refractivity contribution >= 4 is 39.9 Å². The lowest BCUT2D eigenvalue weighted by atomic mass is 9.92. The minimum atomic E-state index is 0.510. The maximum atomic E-state index is 9.45. The molecule has 0 radical (unpaired) electrons. The van der Waals surface area contributed by atoms with Gasteiger partial charge in [-0.3, -0.25) is 9.98 Å². The number of fused-ring (bicyclic) bond motifs is 2. The van der Waals surface area contributed by atoms with Crippen LogP contribution < -0.4 is 0 Å². The summed E-state index contributed by atoms with van der Waals surface area (Å²) in [4.78, 5) is 19.9. The highest BCUT2D eigenvalue weighted by atomic mass is 14.8. The zero-order chi connectivity index (χ0) is 40.0. The number of para-hydroxylation sites is 2. The van der Waals surface area contributed by atoms with Crippen LogP contribution in [0.2, 0.25) is 0 Å². The standard InChI is InChI=1S/C54H37N5/c1-56-51(41-14-4-2-5-15-41)34-52(42-16-6-3-7-17-42)57-36-37-23-25-40(26-24-37)45-31-32-48(47-20-9-8-19-46(45)47)54-53(58-49-21-10-11-22-50(49)59-54)43-29-27-39(28-30-43)44-18-12-13-38(33-44)35-55/h2-34H,1,36H2/b51-34-,57-52?. The Balaban J connectivity index is 1.07. The van der Waals surface area contributed by atoms with Gasteiger partial charge < -0.3 is 0 Å². The molecule has 9 rings (SSSR count). The third kappa shape index (κ3) is 7.72. The van der Waals surface area contributed by atoms with E-state index in [1.54, 1.807) is 0 Å². The van der Waals surface area contributed by atoms with Crippen molar-refractivity contribution < 1.29 is 0 Å². The number of aromatic nitrogens is 2. The van der Waals surface area contributed by atoms with Crippen LogP contribution in [0.1, 0.15) is 22.3 Å². The predicted molar refractivity (Wildman–Crippen MR) is 244 cm³/mol. The molecule has 1 aromatic heterocycles. The lowest BCUT2D eigenvalue weighted by Crippen LogP contribution is -2.00. The van der Waals surface area contributed by atoms with Crippen molar-refractivity contribution in [3.63, 3.8) is 0 Å². The molecule has 0 amide bonds. The summed E-state index contributed by atoms with van der Waals surface area (Å²) in [5.74, 6) is 0. The minimum Gasteiger partial charge on any atom is -0.280 e. The number of nitrogens with zero attached hydrogens (tertiary/aromatic N) is 5. The molecule has 59 heavy (non-hydrogen) atoms. The first-order chi connectivity index (χ1) is 29.1. The van der Waals surface area contributed by atoms with Gasteiger partial charge in [-0.1, -0.05) is 170 Å². The van der Waals surface area contributed by atoms with E-state index in [1.165, 1.54) is 0 Å². The Kier molecular flexibility index (Phi) is 10.3. The molecule has 0 aliphatic heterocycles. The topological polar surface area (TPSA) is 74.3 Å². The fourth-order valence-corrected chi connectivity index (χ4v) is 7.49. The van der Waals surface area contributed by atoms with E-state index < -0.39 is 0 Å². The van der Waals surface area contributed by atoms with Crippen molar-refractivity contribution in [2.45, 2.75) is 6.54 Å². The van der Waals surface area contributed by atoms with Crippen LogP contribution in [0.15, 0.2) is 210 Å². The number of benzene rings is 8. The van der Waals surface area contributed by atoms with Gasteiger partial charge in [0.2, 0.25) is 0 Å². The lowest BCUT2D eigenvalue weighted by Gasteiger charge is -2.15. The van der Waals surface area contributed by atoms with E-state index in [2.05, 4.69) is 115 Å². The highest BCUT2D eigenvalue weighted by molar-refractivity contribution is 6.12. The zero-order valence-electron chi connectivity index (χ0n) is 32.2. The van der Waals surface area contributed by atoms with Crippen molar-refractivity contribution in [2.24, 2.45) is 9.98 Å². The van der Waals surface area contributed by atoms with Crippen molar-refractivity contribution in [3.8, 4) is 50.8 Å². The number of hydrogen-bond acceptors (Lipinski definition) is 5. The van der Waals surface area contributed by atoms with Gasteiger partial charge in [0.1, 0.15) is 0 Å². The lowest BCUT2D eigenvalue weighted by molar-refractivity contribution is 1.07. The van der Waals surface area contributed by atoms with Crippen LogP contribution in [-0.4, -0.2) is 22.4 Å². The maximum Gasteiger partial charge on any atom is 0.0991 e. The van der Waals surface area contributed by atoms with E-state index in [4.69, 9.17) is 15.0 Å². The molecule has 1 heterocycles. The first-order valence-corrected chi connectivity index (χ1v) is 19.5. The van der Waals surface area contributed by atoms with E-state index in [0.29, 0.717) is 12.1 Å². The normalized spacial score (nSPS) is 11.7. The molecule has 8 aromatic carbocycles. The highest BCUT2D eigenvalue weighted by Crippen LogP contribution is 2.39. The van der Waals surface area contributed by atoms with Gasteiger partial charge in [-0.25, -0.2) is 9.97 Å². The van der Waals surface area contributed by atoms with Crippen LogP contribution in [0.5, 0.6) is 0 Å². The maximum absolute atomic E-state index is 9.45. The summed E-state index contributed by atoms with van der Waals surface area (Å²) >= 11 is 0. The molecule has 0 atom stereocenters. The molecule has 0 N–H and O–H groups in total. The summed E-state index contributed by atoms with van der Waals surface area (Å²) in [6, 6.07) is 68.1. The third-order valence-electron chi connectivity index (χ3n) is 10.5. The Bertz CT molecular complexity index is 3070. The van der Waals surface area contributed by atoms with Crippen molar-refractivity contribution in [2.75, 3.05) is 0 Å². The van der Waals surface area contributed by atoms with Crippen LogP contribution in [0.25, 0.3) is 72.3 Å². The second-order valence-electron chi connectivity index (χ2n) is 14.2. The SMILES string of the molecule is C=N/C(=C\C(=NCc1ccc(-c2ccc(-c3nc4ccccc4nc3-c3ccc(-c4cccc(C#N)c4)cc3)c3ccccc23)cc1)c1ccccc1)c1ccccc1. The molecule has 9 aromatic rings. The van der Waals surface area contributed by atoms with Gasteiger partial charge >= 0.3 is 0 Å². The monoisotopic (exact) mass is 755 g/mol. The molecule has 0 aliphatic carbocycles. The Morgan fingerprint density at radius 2 is 1.10 bits per heavy atom. The van der Waals surface area contributed by atoms with Crippen molar-refractivity contribution in [1.29, 1.82) is 5.26 Å². The summed E-state index contributed by atoms with van der Waals surface area (Å²) in [5.41, 5.74) is 14.9. The summed E-state index contributed by atoms with van der Waals surface area (Å²) in [7, 11) is 0. The molecule has 0 unspecified atom stereocenters. The number of allylic oxidation sites excluding steroid dienone is 1. The second kappa shape index (κ2) is 16.6. The number of nitriles is 1. The smallest absolute Gasteiger partial charge is 0.0991 e. The van der Waals surface area contributed by atoms with Gasteiger partial charge in [0.15, 0.2) is 0 Å². The number of rotatable bonds is 10. The van der Waals surface area contributed by atoms with Crippen LogP contribution in [0, 0.1) is 11.3 Å². The molecule has 0 fully saturated rings.